The highest BCUT2D eigenvalue weighted by Crippen LogP contribution is 2.32. The SMILES string of the molecule is Clc1ccccc1-c1cccc(-c2cc(-c3ccccc3)nc(-c3ccccc3)n2)c1. The lowest BCUT2D eigenvalue weighted by atomic mass is 10.0. The maximum atomic E-state index is 6.44. The Morgan fingerprint density at radius 1 is 0.452 bits per heavy atom. The molecule has 31 heavy (non-hydrogen) atoms. The van der Waals surface area contributed by atoms with Crippen molar-refractivity contribution in [2.75, 3.05) is 0 Å². The summed E-state index contributed by atoms with van der Waals surface area (Å²) in [5.41, 5.74) is 6.91. The van der Waals surface area contributed by atoms with Gasteiger partial charge in [-0.3, -0.25) is 0 Å². The van der Waals surface area contributed by atoms with Gasteiger partial charge in [-0.2, -0.15) is 0 Å². The second-order valence-corrected chi connectivity index (χ2v) is 7.66. The van der Waals surface area contributed by atoms with Crippen LogP contribution in [0.4, 0.5) is 0 Å². The average Bonchev–Trinajstić information content (AvgIpc) is 2.85. The Hall–Kier alpha value is -3.75. The smallest absolute Gasteiger partial charge is 0.160 e. The van der Waals surface area contributed by atoms with Gasteiger partial charge in [-0.1, -0.05) is 109 Å². The highest BCUT2D eigenvalue weighted by atomic mass is 35.5. The fourth-order valence-electron chi connectivity index (χ4n) is 3.61. The number of halogens is 1. The van der Waals surface area contributed by atoms with Gasteiger partial charge in [-0.05, 0) is 23.8 Å². The zero-order valence-electron chi connectivity index (χ0n) is 16.7. The van der Waals surface area contributed by atoms with E-state index in [1.54, 1.807) is 0 Å². The number of hydrogen-bond acceptors (Lipinski definition) is 2. The summed E-state index contributed by atoms with van der Waals surface area (Å²) in [7, 11) is 0. The molecule has 0 amide bonds. The highest BCUT2D eigenvalue weighted by Gasteiger charge is 2.11. The van der Waals surface area contributed by atoms with Gasteiger partial charge < -0.3 is 0 Å². The number of nitrogens with zero attached hydrogens (tertiary/aromatic N) is 2. The molecule has 0 N–H and O–H groups in total. The van der Waals surface area contributed by atoms with Gasteiger partial charge in [0.15, 0.2) is 5.82 Å². The Labute approximate surface area is 186 Å². The molecule has 5 rings (SSSR count). The van der Waals surface area contributed by atoms with E-state index >= 15 is 0 Å². The summed E-state index contributed by atoms with van der Waals surface area (Å²) in [5.74, 6) is 0.708. The molecular formula is C28H19ClN2. The molecule has 0 radical (unpaired) electrons. The molecule has 0 aliphatic carbocycles. The molecule has 148 valence electrons. The number of benzene rings is 4. The van der Waals surface area contributed by atoms with Crippen LogP contribution in [0.15, 0.2) is 115 Å². The van der Waals surface area contributed by atoms with Crippen molar-refractivity contribution in [3.63, 3.8) is 0 Å². The lowest BCUT2D eigenvalue weighted by molar-refractivity contribution is 1.18. The fourth-order valence-corrected chi connectivity index (χ4v) is 3.85. The summed E-state index contributed by atoms with van der Waals surface area (Å²) in [5, 5.41) is 0.734. The summed E-state index contributed by atoms with van der Waals surface area (Å²) < 4.78 is 0. The number of aromatic nitrogens is 2. The molecule has 0 bridgehead atoms. The van der Waals surface area contributed by atoms with E-state index in [9.17, 15) is 0 Å². The van der Waals surface area contributed by atoms with Crippen LogP contribution < -0.4 is 0 Å². The molecule has 0 saturated heterocycles. The number of hydrogen-bond donors (Lipinski definition) is 0. The molecule has 0 spiro atoms. The molecule has 0 atom stereocenters. The molecule has 0 fully saturated rings. The molecule has 1 heterocycles. The Morgan fingerprint density at radius 3 is 1.71 bits per heavy atom. The van der Waals surface area contributed by atoms with Crippen LogP contribution >= 0.6 is 11.6 Å². The Kier molecular flexibility index (Phi) is 5.30. The van der Waals surface area contributed by atoms with Gasteiger partial charge in [0.1, 0.15) is 0 Å². The van der Waals surface area contributed by atoms with E-state index in [2.05, 4.69) is 30.3 Å². The lowest BCUT2D eigenvalue weighted by Gasteiger charge is -2.11. The predicted molar refractivity (Wildman–Crippen MR) is 129 cm³/mol. The highest BCUT2D eigenvalue weighted by molar-refractivity contribution is 6.33. The lowest BCUT2D eigenvalue weighted by Crippen LogP contribution is -1.96. The molecule has 3 heteroatoms. The second-order valence-electron chi connectivity index (χ2n) is 7.25. The summed E-state index contributed by atoms with van der Waals surface area (Å²) in [4.78, 5) is 9.77. The third-order valence-electron chi connectivity index (χ3n) is 5.17. The summed E-state index contributed by atoms with van der Waals surface area (Å²) in [6, 6.07) is 38.5. The van der Waals surface area contributed by atoms with E-state index in [4.69, 9.17) is 21.6 Å². The minimum atomic E-state index is 0.708. The van der Waals surface area contributed by atoms with Gasteiger partial charge in [-0.25, -0.2) is 9.97 Å². The molecule has 1 aromatic heterocycles. The zero-order chi connectivity index (χ0) is 21.0. The van der Waals surface area contributed by atoms with E-state index in [0.717, 1.165) is 44.2 Å². The van der Waals surface area contributed by atoms with Gasteiger partial charge in [0.25, 0.3) is 0 Å². The Bertz CT molecular complexity index is 1270. The van der Waals surface area contributed by atoms with Gasteiger partial charge in [0.05, 0.1) is 11.4 Å². The van der Waals surface area contributed by atoms with E-state index in [0.29, 0.717) is 5.82 Å². The molecule has 0 aliphatic rings. The number of rotatable bonds is 4. The van der Waals surface area contributed by atoms with Gasteiger partial charge in [0.2, 0.25) is 0 Å². The third-order valence-corrected chi connectivity index (χ3v) is 5.50. The molecule has 0 unspecified atom stereocenters. The largest absolute Gasteiger partial charge is 0.228 e. The molecule has 5 aromatic rings. The summed E-state index contributed by atoms with van der Waals surface area (Å²) in [6.07, 6.45) is 0. The van der Waals surface area contributed by atoms with Crippen LogP contribution in [0.5, 0.6) is 0 Å². The topological polar surface area (TPSA) is 25.8 Å². The Morgan fingerprint density at radius 2 is 1.00 bits per heavy atom. The third kappa shape index (κ3) is 4.11. The predicted octanol–water partition coefficient (Wildman–Crippen LogP) is 7.80. The van der Waals surface area contributed by atoms with E-state index in [-0.39, 0.29) is 0 Å². The summed E-state index contributed by atoms with van der Waals surface area (Å²) >= 11 is 6.44. The maximum absolute atomic E-state index is 6.44. The Balaban J connectivity index is 1.67. The van der Waals surface area contributed by atoms with E-state index in [1.807, 2.05) is 84.9 Å². The van der Waals surface area contributed by atoms with Crippen molar-refractivity contribution in [3.8, 4) is 45.0 Å². The van der Waals surface area contributed by atoms with E-state index in [1.165, 1.54) is 0 Å². The molecule has 4 aromatic carbocycles. The standard InChI is InChI=1S/C28H19ClN2/c29-25-17-8-7-16-24(25)22-14-9-15-23(18-22)27-19-26(20-10-3-1-4-11-20)30-28(31-27)21-12-5-2-6-13-21/h1-19H. The van der Waals surface area contributed by atoms with E-state index < -0.39 is 0 Å². The molecule has 0 aliphatic heterocycles. The fraction of sp³-hybridized carbons (Fsp3) is 0. The average molecular weight is 419 g/mol. The molecule has 2 nitrogen and oxygen atoms in total. The van der Waals surface area contributed by atoms with Crippen LogP contribution in [0, 0.1) is 0 Å². The first-order valence-electron chi connectivity index (χ1n) is 10.1. The second kappa shape index (κ2) is 8.55. The van der Waals surface area contributed by atoms with Crippen molar-refractivity contribution in [1.82, 2.24) is 9.97 Å². The quantitative estimate of drug-likeness (QED) is 0.297. The van der Waals surface area contributed by atoms with Crippen LogP contribution in [-0.4, -0.2) is 9.97 Å². The van der Waals surface area contributed by atoms with Gasteiger partial charge >= 0.3 is 0 Å². The van der Waals surface area contributed by atoms with Crippen molar-refractivity contribution in [3.05, 3.63) is 120 Å². The van der Waals surface area contributed by atoms with Crippen molar-refractivity contribution in [2.24, 2.45) is 0 Å². The van der Waals surface area contributed by atoms with Gasteiger partial charge in [-0.15, -0.1) is 0 Å². The monoisotopic (exact) mass is 418 g/mol. The van der Waals surface area contributed by atoms with Crippen LogP contribution in [0.2, 0.25) is 5.02 Å². The van der Waals surface area contributed by atoms with Crippen LogP contribution in [-0.2, 0) is 0 Å². The van der Waals surface area contributed by atoms with Crippen molar-refractivity contribution in [1.29, 1.82) is 0 Å². The van der Waals surface area contributed by atoms with Crippen molar-refractivity contribution >= 4 is 11.6 Å². The first-order valence-corrected chi connectivity index (χ1v) is 10.5. The zero-order valence-corrected chi connectivity index (χ0v) is 17.5. The normalized spacial score (nSPS) is 10.7. The van der Waals surface area contributed by atoms with Crippen molar-refractivity contribution < 1.29 is 0 Å². The van der Waals surface area contributed by atoms with Crippen LogP contribution in [0.1, 0.15) is 0 Å². The van der Waals surface area contributed by atoms with Gasteiger partial charge in [0, 0.05) is 27.3 Å². The minimum Gasteiger partial charge on any atom is -0.228 e. The minimum absolute atomic E-state index is 0.708. The first-order chi connectivity index (χ1) is 15.3. The molecular weight excluding hydrogens is 400 g/mol. The molecule has 0 saturated carbocycles. The van der Waals surface area contributed by atoms with Crippen molar-refractivity contribution in [2.45, 2.75) is 0 Å². The van der Waals surface area contributed by atoms with Crippen LogP contribution in [0.3, 0.4) is 0 Å². The summed E-state index contributed by atoms with van der Waals surface area (Å²) in [6.45, 7) is 0. The van der Waals surface area contributed by atoms with Crippen LogP contribution in [0.25, 0.3) is 45.0 Å². The first kappa shape index (κ1) is 19.2. The maximum Gasteiger partial charge on any atom is 0.160 e.